The first-order valence-corrected chi connectivity index (χ1v) is 9.15. The maximum Gasteiger partial charge on any atom is 0.338 e. The number of rotatable bonds is 4. The van der Waals surface area contributed by atoms with E-state index in [4.69, 9.17) is 4.74 Å². The number of nitrogens with zero attached hydrogens (tertiary/aromatic N) is 2. The molecular weight excluding hydrogens is 356 g/mol. The molecule has 1 aliphatic heterocycles. The molecule has 3 aromatic rings. The standard InChI is InChI=1S/C21H20N4O3/c1-3-28-21(27)14-10-7-11-15-16(14)19(26)17(20-22-12(2)24-25-20)18(23-15)13-8-5-4-6-9-13/h4-11,17-18,23H,3H2,1-2H3,(H,22,24,25). The van der Waals surface area contributed by atoms with Crippen LogP contribution in [0.15, 0.2) is 48.5 Å². The highest BCUT2D eigenvalue weighted by Crippen LogP contribution is 2.42. The fourth-order valence-electron chi connectivity index (χ4n) is 3.58. The Bertz CT molecular complexity index is 1030. The molecule has 142 valence electrons. The lowest BCUT2D eigenvalue weighted by molar-refractivity contribution is 0.0522. The number of hydrogen-bond acceptors (Lipinski definition) is 6. The summed E-state index contributed by atoms with van der Waals surface area (Å²) in [6.07, 6.45) is 0. The van der Waals surface area contributed by atoms with Gasteiger partial charge in [-0.25, -0.2) is 9.78 Å². The largest absolute Gasteiger partial charge is 0.462 e. The number of anilines is 1. The number of benzene rings is 2. The number of ketones is 1. The Morgan fingerprint density at radius 1 is 1.14 bits per heavy atom. The van der Waals surface area contributed by atoms with Crippen molar-refractivity contribution in [3.63, 3.8) is 0 Å². The number of ether oxygens (including phenoxy) is 1. The zero-order chi connectivity index (χ0) is 19.7. The average Bonchev–Trinajstić information content (AvgIpc) is 3.14. The highest BCUT2D eigenvalue weighted by atomic mass is 16.5. The first-order valence-electron chi connectivity index (χ1n) is 9.15. The number of hydrogen-bond donors (Lipinski definition) is 2. The molecule has 0 aliphatic carbocycles. The molecule has 0 radical (unpaired) electrons. The van der Waals surface area contributed by atoms with Crippen LogP contribution in [0, 0.1) is 6.92 Å². The topological polar surface area (TPSA) is 97.0 Å². The molecule has 2 heterocycles. The second kappa shape index (κ2) is 7.26. The highest BCUT2D eigenvalue weighted by molar-refractivity contribution is 6.14. The van der Waals surface area contributed by atoms with Crippen molar-refractivity contribution in [2.75, 3.05) is 11.9 Å². The van der Waals surface area contributed by atoms with Gasteiger partial charge in [-0.15, -0.1) is 0 Å². The van der Waals surface area contributed by atoms with Crippen LogP contribution in [0.2, 0.25) is 0 Å². The van der Waals surface area contributed by atoms with Crippen LogP contribution >= 0.6 is 0 Å². The molecule has 2 atom stereocenters. The quantitative estimate of drug-likeness (QED) is 0.677. The number of fused-ring (bicyclic) bond motifs is 1. The van der Waals surface area contributed by atoms with Gasteiger partial charge in [-0.05, 0) is 31.5 Å². The van der Waals surface area contributed by atoms with E-state index in [0.29, 0.717) is 22.9 Å². The van der Waals surface area contributed by atoms with Crippen molar-refractivity contribution in [2.45, 2.75) is 25.8 Å². The maximum atomic E-state index is 13.6. The van der Waals surface area contributed by atoms with E-state index in [9.17, 15) is 9.59 Å². The summed E-state index contributed by atoms with van der Waals surface area (Å²) in [5.74, 6) is -0.370. The number of nitrogens with one attached hydrogen (secondary N) is 2. The van der Waals surface area contributed by atoms with Gasteiger partial charge in [-0.1, -0.05) is 36.4 Å². The summed E-state index contributed by atoms with van der Waals surface area (Å²) >= 11 is 0. The summed E-state index contributed by atoms with van der Waals surface area (Å²) in [6, 6.07) is 14.5. The number of aryl methyl sites for hydroxylation is 1. The fourth-order valence-corrected chi connectivity index (χ4v) is 3.58. The molecule has 2 unspecified atom stereocenters. The van der Waals surface area contributed by atoms with Crippen LogP contribution in [0.4, 0.5) is 5.69 Å². The number of carbonyl (C=O) groups is 2. The van der Waals surface area contributed by atoms with Gasteiger partial charge in [-0.2, -0.15) is 5.10 Å². The van der Waals surface area contributed by atoms with Gasteiger partial charge >= 0.3 is 5.97 Å². The Labute approximate surface area is 162 Å². The highest BCUT2D eigenvalue weighted by Gasteiger charge is 2.41. The first kappa shape index (κ1) is 17.9. The van der Waals surface area contributed by atoms with E-state index in [1.54, 1.807) is 32.0 Å². The summed E-state index contributed by atoms with van der Waals surface area (Å²) < 4.78 is 5.14. The zero-order valence-electron chi connectivity index (χ0n) is 15.6. The number of carbonyl (C=O) groups excluding carboxylic acids is 2. The van der Waals surface area contributed by atoms with Crippen LogP contribution in [0.5, 0.6) is 0 Å². The van der Waals surface area contributed by atoms with E-state index in [2.05, 4.69) is 20.5 Å². The predicted molar refractivity (Wildman–Crippen MR) is 103 cm³/mol. The summed E-state index contributed by atoms with van der Waals surface area (Å²) in [7, 11) is 0. The van der Waals surface area contributed by atoms with Crippen LogP contribution in [-0.4, -0.2) is 33.5 Å². The van der Waals surface area contributed by atoms with Crippen molar-refractivity contribution in [1.82, 2.24) is 15.2 Å². The lowest BCUT2D eigenvalue weighted by atomic mass is 9.80. The van der Waals surface area contributed by atoms with Gasteiger partial charge in [0.1, 0.15) is 11.7 Å². The zero-order valence-corrected chi connectivity index (χ0v) is 15.6. The fraction of sp³-hybridized carbons (Fsp3) is 0.238. The van der Waals surface area contributed by atoms with Crippen molar-refractivity contribution in [3.8, 4) is 0 Å². The smallest absolute Gasteiger partial charge is 0.338 e. The van der Waals surface area contributed by atoms with Crippen LogP contribution in [0.1, 0.15) is 56.8 Å². The summed E-state index contributed by atoms with van der Waals surface area (Å²) in [6.45, 7) is 3.76. The summed E-state index contributed by atoms with van der Waals surface area (Å²) in [5.41, 5.74) is 2.12. The number of H-pyrrole nitrogens is 1. The summed E-state index contributed by atoms with van der Waals surface area (Å²) in [4.78, 5) is 30.4. The SMILES string of the molecule is CCOC(=O)c1cccc2c1C(=O)C(c1n[nH]c(C)n1)C(c1ccccc1)N2. The maximum absolute atomic E-state index is 13.6. The third kappa shape index (κ3) is 3.05. The van der Waals surface area contributed by atoms with Gasteiger partial charge in [0.2, 0.25) is 0 Å². The van der Waals surface area contributed by atoms with Crippen LogP contribution in [0.3, 0.4) is 0 Å². The first-order chi connectivity index (χ1) is 13.6. The van der Waals surface area contributed by atoms with Crippen LogP contribution in [0.25, 0.3) is 0 Å². The molecule has 0 saturated carbocycles. The van der Waals surface area contributed by atoms with Crippen molar-refractivity contribution < 1.29 is 14.3 Å². The molecule has 7 heteroatoms. The van der Waals surface area contributed by atoms with Gasteiger partial charge < -0.3 is 10.1 Å². The molecule has 0 bridgehead atoms. The molecule has 1 aromatic heterocycles. The Kier molecular flexibility index (Phi) is 4.65. The van der Waals surface area contributed by atoms with Crippen LogP contribution in [-0.2, 0) is 4.74 Å². The van der Waals surface area contributed by atoms with E-state index >= 15 is 0 Å². The normalized spacial score (nSPS) is 18.3. The lowest BCUT2D eigenvalue weighted by Gasteiger charge is -2.33. The molecule has 2 aromatic carbocycles. The molecule has 1 aliphatic rings. The van der Waals surface area contributed by atoms with E-state index in [0.717, 1.165) is 5.56 Å². The minimum Gasteiger partial charge on any atom is -0.462 e. The van der Waals surface area contributed by atoms with Gasteiger partial charge in [0.15, 0.2) is 11.6 Å². The molecular formula is C21H20N4O3. The van der Waals surface area contributed by atoms with Gasteiger partial charge in [0, 0.05) is 5.69 Å². The lowest BCUT2D eigenvalue weighted by Crippen LogP contribution is -2.34. The minimum absolute atomic E-state index is 0.203. The minimum atomic E-state index is -0.671. The number of Topliss-reactive ketones (excluding diaryl/α,β-unsaturated/α-hetero) is 1. The van der Waals surface area contributed by atoms with Gasteiger partial charge in [-0.3, -0.25) is 9.89 Å². The Morgan fingerprint density at radius 2 is 1.93 bits per heavy atom. The molecule has 0 fully saturated rings. The molecule has 4 rings (SSSR count). The third-order valence-electron chi connectivity index (χ3n) is 4.78. The Hall–Kier alpha value is -3.48. The van der Waals surface area contributed by atoms with Crippen molar-refractivity contribution in [3.05, 3.63) is 76.9 Å². The number of esters is 1. The Morgan fingerprint density at radius 3 is 2.61 bits per heavy atom. The molecule has 0 saturated heterocycles. The number of aromatic amines is 1. The number of aromatic nitrogens is 3. The average molecular weight is 376 g/mol. The van der Waals surface area contributed by atoms with Crippen molar-refractivity contribution >= 4 is 17.4 Å². The second-order valence-electron chi connectivity index (χ2n) is 6.60. The van der Waals surface area contributed by atoms with Crippen molar-refractivity contribution in [1.29, 1.82) is 0 Å². The van der Waals surface area contributed by atoms with Gasteiger partial charge in [0.25, 0.3) is 0 Å². The molecule has 2 N–H and O–H groups in total. The van der Waals surface area contributed by atoms with E-state index in [1.165, 1.54) is 0 Å². The summed E-state index contributed by atoms with van der Waals surface area (Å²) in [5, 5.41) is 10.5. The predicted octanol–water partition coefficient (Wildman–Crippen LogP) is 3.42. The third-order valence-corrected chi connectivity index (χ3v) is 4.78. The van der Waals surface area contributed by atoms with Gasteiger partial charge in [0.05, 0.1) is 23.8 Å². The molecule has 28 heavy (non-hydrogen) atoms. The van der Waals surface area contributed by atoms with E-state index < -0.39 is 11.9 Å². The molecule has 0 spiro atoms. The molecule has 7 nitrogen and oxygen atoms in total. The van der Waals surface area contributed by atoms with Crippen molar-refractivity contribution in [2.24, 2.45) is 0 Å². The van der Waals surface area contributed by atoms with E-state index in [1.807, 2.05) is 30.3 Å². The second-order valence-corrected chi connectivity index (χ2v) is 6.60. The van der Waals surface area contributed by atoms with Crippen LogP contribution < -0.4 is 5.32 Å². The monoisotopic (exact) mass is 376 g/mol. The molecule has 0 amide bonds. The Balaban J connectivity index is 1.87. The van der Waals surface area contributed by atoms with E-state index in [-0.39, 0.29) is 24.0 Å².